The number of likely N-dealkylation sites (tertiary alicyclic amines) is 1. The number of hydrogen-bond acceptors (Lipinski definition) is 3. The second kappa shape index (κ2) is 7.77. The van der Waals surface area contributed by atoms with E-state index in [9.17, 15) is 5.11 Å². The molecule has 120 valence electrons. The third kappa shape index (κ3) is 5.71. The third-order valence-corrected chi connectivity index (χ3v) is 4.77. The molecule has 3 nitrogen and oxygen atoms in total. The minimum atomic E-state index is -0.155. The molecule has 0 aliphatic carbocycles. The quantitative estimate of drug-likeness (QED) is 0.787. The van der Waals surface area contributed by atoms with E-state index in [-0.39, 0.29) is 12.1 Å². The van der Waals surface area contributed by atoms with Crippen LogP contribution >= 0.6 is 0 Å². The zero-order valence-corrected chi connectivity index (χ0v) is 14.3. The van der Waals surface area contributed by atoms with Crippen molar-refractivity contribution in [2.24, 2.45) is 11.3 Å². The lowest BCUT2D eigenvalue weighted by molar-refractivity contribution is 0.119. The summed E-state index contributed by atoms with van der Waals surface area (Å²) < 4.78 is 0. The van der Waals surface area contributed by atoms with E-state index in [0.29, 0.717) is 5.41 Å². The maximum absolute atomic E-state index is 9.70. The first-order valence-electron chi connectivity index (χ1n) is 8.39. The Morgan fingerprint density at radius 3 is 2.40 bits per heavy atom. The number of aliphatic hydroxyl groups is 1. The average molecular weight is 284 g/mol. The highest BCUT2D eigenvalue weighted by Gasteiger charge is 2.30. The first kappa shape index (κ1) is 17.9. The Hall–Kier alpha value is -0.120. The number of nitrogens with zero attached hydrogens (tertiary/aromatic N) is 1. The predicted octanol–water partition coefficient (Wildman–Crippen LogP) is 2.89. The fraction of sp³-hybridized carbons (Fsp3) is 1.00. The molecular formula is C17H36N2O. The fourth-order valence-corrected chi connectivity index (χ4v) is 3.26. The van der Waals surface area contributed by atoms with Crippen molar-refractivity contribution in [3.8, 4) is 0 Å². The van der Waals surface area contributed by atoms with Gasteiger partial charge in [0.15, 0.2) is 0 Å². The molecular weight excluding hydrogens is 248 g/mol. The van der Waals surface area contributed by atoms with E-state index in [1.54, 1.807) is 0 Å². The summed E-state index contributed by atoms with van der Waals surface area (Å²) in [6, 6.07) is 0. The van der Waals surface area contributed by atoms with Crippen molar-refractivity contribution in [1.82, 2.24) is 10.2 Å². The molecule has 1 aliphatic rings. The summed E-state index contributed by atoms with van der Waals surface area (Å²) in [7, 11) is 0. The zero-order chi connectivity index (χ0) is 15.2. The first-order valence-corrected chi connectivity index (χ1v) is 8.39. The lowest BCUT2D eigenvalue weighted by Crippen LogP contribution is -2.54. The van der Waals surface area contributed by atoms with Crippen molar-refractivity contribution in [2.75, 3.05) is 32.8 Å². The van der Waals surface area contributed by atoms with E-state index in [0.717, 1.165) is 25.4 Å². The normalized spacial score (nSPS) is 25.2. The van der Waals surface area contributed by atoms with Crippen LogP contribution in [-0.2, 0) is 0 Å². The molecule has 0 aromatic carbocycles. The van der Waals surface area contributed by atoms with Crippen LogP contribution < -0.4 is 5.32 Å². The van der Waals surface area contributed by atoms with Crippen LogP contribution in [0.5, 0.6) is 0 Å². The number of rotatable bonds is 6. The van der Waals surface area contributed by atoms with Crippen LogP contribution in [0, 0.1) is 11.3 Å². The first-order chi connectivity index (χ1) is 9.30. The maximum Gasteiger partial charge on any atom is 0.0623 e. The van der Waals surface area contributed by atoms with Crippen molar-refractivity contribution in [3.05, 3.63) is 0 Å². The molecule has 0 saturated carbocycles. The number of hydrogen-bond donors (Lipinski definition) is 2. The lowest BCUT2D eigenvalue weighted by Gasteiger charge is -2.35. The second-order valence-corrected chi connectivity index (χ2v) is 7.92. The molecule has 0 bridgehead atoms. The van der Waals surface area contributed by atoms with Gasteiger partial charge >= 0.3 is 0 Å². The van der Waals surface area contributed by atoms with Crippen LogP contribution in [0.25, 0.3) is 0 Å². The van der Waals surface area contributed by atoms with Crippen LogP contribution in [0.15, 0.2) is 0 Å². The highest BCUT2D eigenvalue weighted by molar-refractivity contribution is 4.88. The maximum atomic E-state index is 9.70. The molecule has 0 amide bonds. The van der Waals surface area contributed by atoms with Gasteiger partial charge in [-0.05, 0) is 63.6 Å². The highest BCUT2D eigenvalue weighted by Crippen LogP contribution is 2.34. The van der Waals surface area contributed by atoms with Crippen molar-refractivity contribution < 1.29 is 5.11 Å². The molecule has 1 saturated heterocycles. The molecule has 2 atom stereocenters. The molecule has 1 heterocycles. The Labute approximate surface area is 126 Å². The van der Waals surface area contributed by atoms with E-state index in [2.05, 4.69) is 44.8 Å². The molecule has 2 N–H and O–H groups in total. The van der Waals surface area contributed by atoms with Gasteiger partial charge in [0.05, 0.1) is 12.1 Å². The summed E-state index contributed by atoms with van der Waals surface area (Å²) in [6.07, 6.45) is 5.04. The highest BCUT2D eigenvalue weighted by atomic mass is 16.3. The van der Waals surface area contributed by atoms with Gasteiger partial charge in [0.2, 0.25) is 0 Å². The molecule has 2 unspecified atom stereocenters. The van der Waals surface area contributed by atoms with E-state index in [1.807, 2.05) is 0 Å². The summed E-state index contributed by atoms with van der Waals surface area (Å²) in [4.78, 5) is 2.55. The Balaban J connectivity index is 2.52. The van der Waals surface area contributed by atoms with Crippen LogP contribution in [0.4, 0.5) is 0 Å². The van der Waals surface area contributed by atoms with Gasteiger partial charge in [-0.2, -0.15) is 0 Å². The summed E-state index contributed by atoms with van der Waals surface area (Å²) >= 11 is 0. The monoisotopic (exact) mass is 284 g/mol. The van der Waals surface area contributed by atoms with Crippen LogP contribution in [0.2, 0.25) is 0 Å². The topological polar surface area (TPSA) is 35.5 Å². The van der Waals surface area contributed by atoms with Gasteiger partial charge in [-0.15, -0.1) is 0 Å². The molecule has 3 heteroatoms. The predicted molar refractivity (Wildman–Crippen MR) is 87.0 cm³/mol. The molecule has 0 aromatic heterocycles. The van der Waals surface area contributed by atoms with Gasteiger partial charge < -0.3 is 15.3 Å². The Bertz CT molecular complexity index is 275. The summed E-state index contributed by atoms with van der Waals surface area (Å²) in [5, 5.41) is 13.2. The smallest absolute Gasteiger partial charge is 0.0623 e. The fourth-order valence-electron chi connectivity index (χ4n) is 3.26. The van der Waals surface area contributed by atoms with Crippen molar-refractivity contribution in [2.45, 2.75) is 65.8 Å². The minimum absolute atomic E-state index is 0.155. The van der Waals surface area contributed by atoms with Gasteiger partial charge in [0, 0.05) is 6.54 Å². The van der Waals surface area contributed by atoms with E-state index < -0.39 is 0 Å². The Morgan fingerprint density at radius 1 is 1.15 bits per heavy atom. The van der Waals surface area contributed by atoms with Gasteiger partial charge in [-0.1, -0.05) is 27.7 Å². The largest absolute Gasteiger partial charge is 0.394 e. The van der Waals surface area contributed by atoms with Crippen molar-refractivity contribution >= 4 is 0 Å². The second-order valence-electron chi connectivity index (χ2n) is 7.92. The van der Waals surface area contributed by atoms with E-state index in [1.165, 1.54) is 32.4 Å². The Kier molecular flexibility index (Phi) is 6.96. The van der Waals surface area contributed by atoms with Gasteiger partial charge in [0.25, 0.3) is 0 Å². The SMILES string of the molecule is CCCNC(C)(CO)CN1CCCC(C(C)(C)C)CC1. The van der Waals surface area contributed by atoms with E-state index in [4.69, 9.17) is 0 Å². The molecule has 0 aromatic rings. The number of nitrogens with one attached hydrogen (secondary N) is 1. The molecule has 0 radical (unpaired) electrons. The molecule has 1 fully saturated rings. The van der Waals surface area contributed by atoms with E-state index >= 15 is 0 Å². The summed E-state index contributed by atoms with van der Waals surface area (Å²) in [6.45, 7) is 15.9. The lowest BCUT2D eigenvalue weighted by atomic mass is 9.77. The van der Waals surface area contributed by atoms with Crippen LogP contribution in [0.1, 0.15) is 60.3 Å². The van der Waals surface area contributed by atoms with Crippen molar-refractivity contribution in [1.29, 1.82) is 0 Å². The van der Waals surface area contributed by atoms with Gasteiger partial charge in [-0.3, -0.25) is 0 Å². The van der Waals surface area contributed by atoms with Crippen LogP contribution in [-0.4, -0.2) is 48.3 Å². The Morgan fingerprint density at radius 2 is 1.85 bits per heavy atom. The molecule has 1 rings (SSSR count). The third-order valence-electron chi connectivity index (χ3n) is 4.77. The van der Waals surface area contributed by atoms with Gasteiger partial charge in [0.1, 0.15) is 0 Å². The minimum Gasteiger partial charge on any atom is -0.394 e. The molecule has 0 spiro atoms. The molecule has 1 aliphatic heterocycles. The van der Waals surface area contributed by atoms with Gasteiger partial charge in [-0.25, -0.2) is 0 Å². The molecule has 20 heavy (non-hydrogen) atoms. The standard InChI is InChI=1S/C17H36N2O/c1-6-10-18-17(5,14-20)13-19-11-7-8-15(9-12-19)16(2,3)4/h15,18,20H,6-14H2,1-5H3. The summed E-state index contributed by atoms with van der Waals surface area (Å²) in [5.74, 6) is 0.830. The van der Waals surface area contributed by atoms with Crippen molar-refractivity contribution in [3.63, 3.8) is 0 Å². The number of aliphatic hydroxyl groups excluding tert-OH is 1. The average Bonchev–Trinajstić information content (AvgIpc) is 2.61. The zero-order valence-electron chi connectivity index (χ0n) is 14.3. The van der Waals surface area contributed by atoms with Crippen LogP contribution in [0.3, 0.4) is 0 Å². The summed E-state index contributed by atoms with van der Waals surface area (Å²) in [5.41, 5.74) is 0.272.